The number of nitrogens with one attached hydrogen (secondary N) is 2. The van der Waals surface area contributed by atoms with Gasteiger partial charge in [0.05, 0.1) is 6.61 Å². The highest BCUT2D eigenvalue weighted by Gasteiger charge is 2.31. The van der Waals surface area contributed by atoms with E-state index in [9.17, 15) is 4.79 Å². The van der Waals surface area contributed by atoms with Crippen LogP contribution in [-0.2, 0) is 22.5 Å². The van der Waals surface area contributed by atoms with Crippen LogP contribution in [0.1, 0.15) is 25.0 Å². The van der Waals surface area contributed by atoms with Crippen molar-refractivity contribution in [3.8, 4) is 0 Å². The number of hydrogen-bond donors (Lipinski definition) is 2. The standard InChI is InChI=1S/C18H27N3O2/c1-18(2,13-20-17(22)16-11-19-8-10-23-16)21-9-7-14-5-3-4-6-15(14)12-21/h3-6,16,19H,7-13H2,1-2H3,(H,20,22). The van der Waals surface area contributed by atoms with Gasteiger partial charge < -0.3 is 15.4 Å². The number of rotatable bonds is 4. The molecule has 1 amide bonds. The molecule has 0 bridgehead atoms. The van der Waals surface area contributed by atoms with Crippen molar-refractivity contribution >= 4 is 5.91 Å². The summed E-state index contributed by atoms with van der Waals surface area (Å²) in [7, 11) is 0. The normalized spacial score (nSPS) is 22.4. The van der Waals surface area contributed by atoms with E-state index in [4.69, 9.17) is 4.74 Å². The minimum Gasteiger partial charge on any atom is -0.366 e. The van der Waals surface area contributed by atoms with Gasteiger partial charge in [-0.1, -0.05) is 24.3 Å². The summed E-state index contributed by atoms with van der Waals surface area (Å²) in [5, 5.41) is 6.26. The maximum atomic E-state index is 12.2. The van der Waals surface area contributed by atoms with Crippen LogP contribution in [-0.4, -0.2) is 55.2 Å². The Morgan fingerprint density at radius 2 is 2.17 bits per heavy atom. The van der Waals surface area contributed by atoms with Gasteiger partial charge in [-0.25, -0.2) is 0 Å². The predicted molar refractivity (Wildman–Crippen MR) is 90.3 cm³/mol. The van der Waals surface area contributed by atoms with Crippen LogP contribution in [0, 0.1) is 0 Å². The molecule has 2 heterocycles. The Kier molecular flexibility index (Phi) is 4.99. The largest absolute Gasteiger partial charge is 0.366 e. The number of hydrogen-bond acceptors (Lipinski definition) is 4. The van der Waals surface area contributed by atoms with E-state index in [2.05, 4.69) is 53.6 Å². The monoisotopic (exact) mass is 317 g/mol. The summed E-state index contributed by atoms with van der Waals surface area (Å²) in [5.74, 6) is -0.0114. The lowest BCUT2D eigenvalue weighted by atomic mass is 9.94. The Labute approximate surface area is 138 Å². The maximum absolute atomic E-state index is 12.2. The van der Waals surface area contributed by atoms with Crippen LogP contribution in [0.2, 0.25) is 0 Å². The first-order valence-electron chi connectivity index (χ1n) is 8.48. The van der Waals surface area contributed by atoms with Gasteiger partial charge >= 0.3 is 0 Å². The predicted octanol–water partition coefficient (Wildman–Crippen LogP) is 0.928. The highest BCUT2D eigenvalue weighted by atomic mass is 16.5. The van der Waals surface area contributed by atoms with Crippen LogP contribution in [0.5, 0.6) is 0 Å². The minimum atomic E-state index is -0.360. The molecule has 1 aromatic carbocycles. The number of carbonyl (C=O) groups excluding carboxylic acids is 1. The first kappa shape index (κ1) is 16.4. The third-order valence-electron chi connectivity index (χ3n) is 4.90. The molecule has 126 valence electrons. The molecule has 2 N–H and O–H groups in total. The summed E-state index contributed by atoms with van der Waals surface area (Å²) < 4.78 is 5.51. The number of ether oxygens (including phenoxy) is 1. The second kappa shape index (κ2) is 6.99. The first-order valence-corrected chi connectivity index (χ1v) is 8.48. The van der Waals surface area contributed by atoms with E-state index in [0.29, 0.717) is 19.7 Å². The van der Waals surface area contributed by atoms with Crippen LogP contribution < -0.4 is 10.6 Å². The molecule has 1 saturated heterocycles. The fourth-order valence-electron chi connectivity index (χ4n) is 3.28. The first-order chi connectivity index (χ1) is 11.1. The molecule has 1 aromatic rings. The molecule has 0 radical (unpaired) electrons. The summed E-state index contributed by atoms with van der Waals surface area (Å²) >= 11 is 0. The van der Waals surface area contributed by atoms with E-state index in [0.717, 1.165) is 26.1 Å². The summed E-state index contributed by atoms with van der Waals surface area (Å²) in [6.45, 7) is 9.02. The van der Waals surface area contributed by atoms with Crippen LogP contribution in [0.25, 0.3) is 0 Å². The van der Waals surface area contributed by atoms with Crippen molar-refractivity contribution in [1.82, 2.24) is 15.5 Å². The fraction of sp³-hybridized carbons (Fsp3) is 0.611. The lowest BCUT2D eigenvalue weighted by Gasteiger charge is -2.42. The summed E-state index contributed by atoms with van der Waals surface area (Å²) in [5.41, 5.74) is 2.77. The molecule has 2 aliphatic rings. The number of morpholine rings is 1. The number of amides is 1. The second-order valence-electron chi connectivity index (χ2n) is 7.03. The lowest BCUT2D eigenvalue weighted by molar-refractivity contribution is -0.134. The van der Waals surface area contributed by atoms with E-state index in [-0.39, 0.29) is 17.6 Å². The van der Waals surface area contributed by atoms with Gasteiger partial charge in [-0.05, 0) is 31.4 Å². The number of fused-ring (bicyclic) bond motifs is 1. The molecule has 3 rings (SSSR count). The average molecular weight is 317 g/mol. The van der Waals surface area contributed by atoms with Crippen LogP contribution in [0.15, 0.2) is 24.3 Å². The van der Waals surface area contributed by atoms with Gasteiger partial charge in [-0.2, -0.15) is 0 Å². The Morgan fingerprint density at radius 3 is 2.91 bits per heavy atom. The van der Waals surface area contributed by atoms with E-state index < -0.39 is 0 Å². The Bertz CT molecular complexity index is 553. The molecule has 1 unspecified atom stereocenters. The van der Waals surface area contributed by atoms with Crippen LogP contribution >= 0.6 is 0 Å². The fourth-order valence-corrected chi connectivity index (χ4v) is 3.28. The van der Waals surface area contributed by atoms with Crippen molar-refractivity contribution in [2.45, 2.75) is 38.5 Å². The third-order valence-corrected chi connectivity index (χ3v) is 4.90. The van der Waals surface area contributed by atoms with Gasteiger partial charge in [-0.15, -0.1) is 0 Å². The van der Waals surface area contributed by atoms with Gasteiger partial charge in [0.1, 0.15) is 6.10 Å². The zero-order valence-electron chi connectivity index (χ0n) is 14.1. The molecule has 1 fully saturated rings. The molecule has 5 nitrogen and oxygen atoms in total. The highest BCUT2D eigenvalue weighted by molar-refractivity contribution is 5.81. The zero-order valence-corrected chi connectivity index (χ0v) is 14.1. The third kappa shape index (κ3) is 3.91. The molecule has 5 heteroatoms. The Hall–Kier alpha value is -1.43. The van der Waals surface area contributed by atoms with Crippen molar-refractivity contribution in [3.05, 3.63) is 35.4 Å². The van der Waals surface area contributed by atoms with Crippen molar-refractivity contribution in [2.24, 2.45) is 0 Å². The van der Waals surface area contributed by atoms with E-state index in [1.807, 2.05) is 0 Å². The summed E-state index contributed by atoms with van der Waals surface area (Å²) in [4.78, 5) is 14.7. The molecule has 0 aliphatic carbocycles. The number of nitrogens with zero attached hydrogens (tertiary/aromatic N) is 1. The summed E-state index contributed by atoms with van der Waals surface area (Å²) in [6, 6.07) is 8.63. The second-order valence-corrected chi connectivity index (χ2v) is 7.03. The van der Waals surface area contributed by atoms with Crippen LogP contribution in [0.4, 0.5) is 0 Å². The topological polar surface area (TPSA) is 53.6 Å². The van der Waals surface area contributed by atoms with E-state index in [1.54, 1.807) is 0 Å². The smallest absolute Gasteiger partial charge is 0.250 e. The van der Waals surface area contributed by atoms with Gasteiger partial charge in [-0.3, -0.25) is 9.69 Å². The molecule has 23 heavy (non-hydrogen) atoms. The molecular formula is C18H27N3O2. The minimum absolute atomic E-state index is 0.0114. The molecular weight excluding hydrogens is 290 g/mol. The molecule has 1 atom stereocenters. The van der Waals surface area contributed by atoms with Crippen molar-refractivity contribution in [1.29, 1.82) is 0 Å². The van der Waals surface area contributed by atoms with Crippen molar-refractivity contribution < 1.29 is 9.53 Å². The number of carbonyl (C=O) groups is 1. The molecule has 2 aliphatic heterocycles. The quantitative estimate of drug-likeness (QED) is 0.867. The van der Waals surface area contributed by atoms with Gasteiger partial charge in [0.25, 0.3) is 5.91 Å². The van der Waals surface area contributed by atoms with E-state index >= 15 is 0 Å². The molecule has 0 saturated carbocycles. The van der Waals surface area contributed by atoms with Crippen molar-refractivity contribution in [2.75, 3.05) is 32.8 Å². The van der Waals surface area contributed by atoms with Crippen LogP contribution in [0.3, 0.4) is 0 Å². The number of benzene rings is 1. The van der Waals surface area contributed by atoms with Gasteiger partial charge in [0, 0.05) is 38.3 Å². The Morgan fingerprint density at radius 1 is 1.39 bits per heavy atom. The van der Waals surface area contributed by atoms with Gasteiger partial charge in [0.15, 0.2) is 0 Å². The lowest BCUT2D eigenvalue weighted by Crippen LogP contribution is -2.56. The highest BCUT2D eigenvalue weighted by Crippen LogP contribution is 2.24. The van der Waals surface area contributed by atoms with Crippen molar-refractivity contribution in [3.63, 3.8) is 0 Å². The summed E-state index contributed by atoms with van der Waals surface area (Å²) in [6.07, 6.45) is 0.713. The Balaban J connectivity index is 1.55. The molecule has 0 aromatic heterocycles. The van der Waals surface area contributed by atoms with Gasteiger partial charge in [0.2, 0.25) is 0 Å². The van der Waals surface area contributed by atoms with E-state index in [1.165, 1.54) is 11.1 Å². The maximum Gasteiger partial charge on any atom is 0.250 e. The average Bonchev–Trinajstić information content (AvgIpc) is 2.60. The zero-order chi connectivity index (χ0) is 16.3. The SMILES string of the molecule is CC(C)(CNC(=O)C1CNCCO1)N1CCc2ccccc2C1. The molecule has 0 spiro atoms.